The Kier molecular flexibility index (Phi) is 7.24. The molecule has 1 aliphatic carbocycles. The molecule has 4 heterocycles. The van der Waals surface area contributed by atoms with Gasteiger partial charge in [0.1, 0.15) is 10.7 Å². The van der Waals surface area contributed by atoms with E-state index in [0.29, 0.717) is 31.4 Å². The van der Waals surface area contributed by atoms with Crippen LogP contribution in [-0.4, -0.2) is 63.2 Å². The highest BCUT2D eigenvalue weighted by molar-refractivity contribution is 7.89. The van der Waals surface area contributed by atoms with E-state index in [1.165, 1.54) is 11.3 Å². The Morgan fingerprint density at radius 3 is 2.78 bits per heavy atom. The largest absolute Gasteiger partial charge is 0.373 e. The summed E-state index contributed by atoms with van der Waals surface area (Å²) in [5, 5.41) is 2.95. The second-order valence-electron chi connectivity index (χ2n) is 10.8. The van der Waals surface area contributed by atoms with Crippen molar-refractivity contribution in [3.8, 4) is 0 Å². The Balaban J connectivity index is 1.21. The number of benzene rings is 1. The smallest absolute Gasteiger partial charge is 0.244 e. The third kappa shape index (κ3) is 5.56. The fourth-order valence-electron chi connectivity index (χ4n) is 5.97. The van der Waals surface area contributed by atoms with Crippen LogP contribution in [-0.2, 0) is 21.3 Å². The maximum atomic E-state index is 13.8. The molecule has 37 heavy (non-hydrogen) atoms. The second-order valence-corrected chi connectivity index (χ2v) is 13.6. The Morgan fingerprint density at radius 1 is 1.08 bits per heavy atom. The quantitative estimate of drug-likeness (QED) is 0.471. The van der Waals surface area contributed by atoms with Crippen LogP contribution in [0.5, 0.6) is 0 Å². The first-order chi connectivity index (χ1) is 18.0. The molecule has 198 valence electrons. The lowest BCUT2D eigenvalue weighted by atomic mass is 9.77. The summed E-state index contributed by atoms with van der Waals surface area (Å²) in [6.45, 7) is 5.38. The Bertz CT molecular complexity index is 1320. The normalized spacial score (nSPS) is 22.7. The van der Waals surface area contributed by atoms with E-state index in [1.807, 2.05) is 24.3 Å². The average molecular weight is 541 g/mol. The molecular formula is C28H36N4O3S2. The summed E-state index contributed by atoms with van der Waals surface area (Å²) in [4.78, 5) is 11.1. The van der Waals surface area contributed by atoms with Crippen molar-refractivity contribution in [2.75, 3.05) is 44.2 Å². The molecule has 2 aromatic heterocycles. The van der Waals surface area contributed by atoms with Crippen LogP contribution < -0.4 is 9.62 Å². The van der Waals surface area contributed by atoms with Gasteiger partial charge in [0, 0.05) is 43.0 Å². The lowest BCUT2D eigenvalue weighted by Crippen LogP contribution is -2.41. The van der Waals surface area contributed by atoms with Crippen LogP contribution in [0.1, 0.15) is 43.4 Å². The number of nitrogens with zero attached hydrogens (tertiary/aromatic N) is 3. The fraction of sp³-hybridized carbons (Fsp3) is 0.536. The molecular weight excluding hydrogens is 504 g/mol. The minimum Gasteiger partial charge on any atom is -0.373 e. The topological polar surface area (TPSA) is 74.8 Å². The number of aromatic nitrogens is 1. The van der Waals surface area contributed by atoms with E-state index in [9.17, 15) is 8.42 Å². The van der Waals surface area contributed by atoms with Gasteiger partial charge in [-0.25, -0.2) is 18.1 Å². The van der Waals surface area contributed by atoms with Crippen LogP contribution >= 0.6 is 11.3 Å². The molecule has 3 fully saturated rings. The molecule has 2 saturated heterocycles. The Labute approximate surface area is 223 Å². The highest BCUT2D eigenvalue weighted by Crippen LogP contribution is 2.40. The lowest BCUT2D eigenvalue weighted by molar-refractivity contribution is -0.0928. The number of rotatable bonds is 7. The van der Waals surface area contributed by atoms with Crippen LogP contribution in [0, 0.1) is 5.92 Å². The molecule has 1 atom stereocenters. The number of ether oxygens (including phenoxy) is 1. The molecule has 0 bridgehead atoms. The molecule has 2 aliphatic heterocycles. The van der Waals surface area contributed by atoms with E-state index in [2.05, 4.69) is 32.0 Å². The van der Waals surface area contributed by atoms with Crippen LogP contribution in [0.4, 0.5) is 5.82 Å². The molecule has 3 aromatic rings. The Hall–Kier alpha value is -2.04. The molecule has 1 spiro atoms. The number of thiophene rings is 1. The average Bonchev–Trinajstić information content (AvgIpc) is 3.28. The second kappa shape index (κ2) is 10.6. The van der Waals surface area contributed by atoms with Crippen molar-refractivity contribution in [2.24, 2.45) is 5.92 Å². The zero-order valence-corrected chi connectivity index (χ0v) is 22.9. The van der Waals surface area contributed by atoms with Crippen molar-refractivity contribution in [2.45, 2.75) is 55.6 Å². The number of likely N-dealkylation sites (tertiary alicyclic amines) is 1. The zero-order valence-electron chi connectivity index (χ0n) is 21.3. The van der Waals surface area contributed by atoms with Crippen molar-refractivity contribution < 1.29 is 13.2 Å². The summed E-state index contributed by atoms with van der Waals surface area (Å²) in [7, 11) is -3.74. The molecule has 1 aromatic carbocycles. The standard InChI is InChI=1S/C28H36N4O3S2/c33-37(34,29-19-22-6-3-13-31(20-22)21-24-8-4-17-36-24)26-18-23-7-1-2-9-25(23)30-27(26)32-14-12-28(10-5-11-28)35-16-15-32/h1-2,4,7-9,17-18,22,29H,3,5-6,10-16,19-21H2. The van der Waals surface area contributed by atoms with Gasteiger partial charge in [-0.15, -0.1) is 11.3 Å². The van der Waals surface area contributed by atoms with Crippen molar-refractivity contribution in [1.29, 1.82) is 0 Å². The first-order valence-corrected chi connectivity index (χ1v) is 15.9. The number of piperidine rings is 1. The number of hydrogen-bond donors (Lipinski definition) is 1. The van der Waals surface area contributed by atoms with Gasteiger partial charge < -0.3 is 9.64 Å². The van der Waals surface area contributed by atoms with Crippen LogP contribution in [0.3, 0.4) is 0 Å². The molecule has 1 unspecified atom stereocenters. The number of sulfonamides is 1. The lowest BCUT2D eigenvalue weighted by Gasteiger charge is -2.40. The van der Waals surface area contributed by atoms with Crippen LogP contribution in [0.25, 0.3) is 10.9 Å². The van der Waals surface area contributed by atoms with Gasteiger partial charge in [0.25, 0.3) is 0 Å². The van der Waals surface area contributed by atoms with Gasteiger partial charge in [-0.2, -0.15) is 0 Å². The molecule has 0 amide bonds. The number of para-hydroxylation sites is 1. The minimum atomic E-state index is -3.74. The zero-order chi connectivity index (χ0) is 25.3. The van der Waals surface area contributed by atoms with Crippen molar-refractivity contribution >= 4 is 38.1 Å². The summed E-state index contributed by atoms with van der Waals surface area (Å²) in [5.74, 6) is 0.847. The third-order valence-electron chi connectivity index (χ3n) is 8.26. The summed E-state index contributed by atoms with van der Waals surface area (Å²) < 4.78 is 36.8. The molecule has 1 saturated carbocycles. The van der Waals surface area contributed by atoms with Gasteiger partial charge in [0.15, 0.2) is 0 Å². The number of anilines is 1. The van der Waals surface area contributed by atoms with Crippen LogP contribution in [0.15, 0.2) is 52.7 Å². The number of hydrogen-bond acceptors (Lipinski definition) is 7. The summed E-state index contributed by atoms with van der Waals surface area (Å²) >= 11 is 1.78. The van der Waals surface area contributed by atoms with Gasteiger partial charge in [-0.3, -0.25) is 4.90 Å². The Morgan fingerprint density at radius 2 is 1.97 bits per heavy atom. The maximum absolute atomic E-state index is 13.8. The number of nitrogens with one attached hydrogen (secondary N) is 1. The third-order valence-corrected chi connectivity index (χ3v) is 10.5. The maximum Gasteiger partial charge on any atom is 0.244 e. The van der Waals surface area contributed by atoms with Crippen molar-refractivity contribution in [1.82, 2.24) is 14.6 Å². The highest BCUT2D eigenvalue weighted by Gasteiger charge is 2.40. The van der Waals surface area contributed by atoms with E-state index >= 15 is 0 Å². The molecule has 7 nitrogen and oxygen atoms in total. The van der Waals surface area contributed by atoms with E-state index in [4.69, 9.17) is 9.72 Å². The molecule has 3 aliphatic rings. The number of fused-ring (bicyclic) bond motifs is 1. The number of pyridine rings is 1. The van der Waals surface area contributed by atoms with Gasteiger partial charge >= 0.3 is 0 Å². The first-order valence-electron chi connectivity index (χ1n) is 13.5. The van der Waals surface area contributed by atoms with Gasteiger partial charge in [-0.1, -0.05) is 24.3 Å². The van der Waals surface area contributed by atoms with Gasteiger partial charge in [-0.05, 0) is 74.6 Å². The summed E-state index contributed by atoms with van der Waals surface area (Å²) in [5.41, 5.74) is 0.801. The van der Waals surface area contributed by atoms with E-state index in [1.54, 1.807) is 17.4 Å². The predicted molar refractivity (Wildman–Crippen MR) is 149 cm³/mol. The van der Waals surface area contributed by atoms with E-state index in [-0.39, 0.29) is 10.5 Å². The molecule has 1 N–H and O–H groups in total. The molecule has 9 heteroatoms. The highest BCUT2D eigenvalue weighted by atomic mass is 32.2. The van der Waals surface area contributed by atoms with E-state index < -0.39 is 10.0 Å². The predicted octanol–water partition coefficient (Wildman–Crippen LogP) is 4.64. The van der Waals surface area contributed by atoms with Gasteiger partial charge in [0.2, 0.25) is 10.0 Å². The fourth-order valence-corrected chi connectivity index (χ4v) is 8.03. The minimum absolute atomic E-state index is 0.0150. The summed E-state index contributed by atoms with van der Waals surface area (Å²) in [6, 6.07) is 13.8. The molecule has 0 radical (unpaired) electrons. The molecule has 6 rings (SSSR count). The first kappa shape index (κ1) is 25.2. The summed E-state index contributed by atoms with van der Waals surface area (Å²) in [6.07, 6.45) is 6.46. The monoisotopic (exact) mass is 540 g/mol. The van der Waals surface area contributed by atoms with E-state index in [0.717, 1.165) is 69.2 Å². The van der Waals surface area contributed by atoms with Crippen molar-refractivity contribution in [3.05, 3.63) is 52.7 Å². The van der Waals surface area contributed by atoms with Gasteiger partial charge in [0.05, 0.1) is 17.7 Å². The van der Waals surface area contributed by atoms with Crippen LogP contribution in [0.2, 0.25) is 0 Å². The van der Waals surface area contributed by atoms with Crippen molar-refractivity contribution in [3.63, 3.8) is 0 Å². The SMILES string of the molecule is O=S(=O)(NCC1CCCN(Cc2cccs2)C1)c1cc2ccccc2nc1N1CCOC2(CCC2)CC1.